The van der Waals surface area contributed by atoms with E-state index in [1.54, 1.807) is 0 Å². The van der Waals surface area contributed by atoms with E-state index >= 15 is 0 Å². The molecule has 0 rings (SSSR count). The van der Waals surface area contributed by atoms with E-state index in [-0.39, 0.29) is 31.1 Å². The van der Waals surface area contributed by atoms with Crippen LogP contribution in [0.2, 0.25) is 0 Å². The maximum Gasteiger partial charge on any atom is 0.306 e. The standard InChI is InChI=1S/C61H100O6/c1-4-7-10-13-16-18-20-22-23-24-25-26-27-28-29-30-31-32-33-34-35-36-37-39-40-42-45-48-51-54-60(63)66-57-58(56-65-59(62)53-50-47-44-15-12-9-6-3)67-61(64)55-52-49-46-43-41-38-21-19-17-14-11-8-5-2/h7,10-11,14,16,18-19,21-23,25-26,28-29,31-32,34-35,58H,4-6,8-9,12-13,15,17,20,24,27,30,33,36-57H2,1-3H3/b10-7-,14-11-,18-16-,21-19-,23-22-,26-25-,29-28-,32-31-,35-34-. The first-order valence-electron chi connectivity index (χ1n) is 27.4. The van der Waals surface area contributed by atoms with E-state index in [9.17, 15) is 14.4 Å². The molecule has 0 saturated carbocycles. The molecule has 0 amide bonds. The number of ether oxygens (including phenoxy) is 3. The fourth-order valence-corrected chi connectivity index (χ4v) is 7.16. The molecule has 0 spiro atoms. The minimum Gasteiger partial charge on any atom is -0.462 e. The molecule has 0 bridgehead atoms. The van der Waals surface area contributed by atoms with Gasteiger partial charge in [0, 0.05) is 19.3 Å². The van der Waals surface area contributed by atoms with Gasteiger partial charge in [-0.1, -0.05) is 226 Å². The Labute approximate surface area is 412 Å². The molecule has 0 aliphatic rings. The Bertz CT molecular complexity index is 1390. The second kappa shape index (κ2) is 54.7. The minimum atomic E-state index is -0.787. The Hall–Kier alpha value is -3.93. The SMILES string of the molecule is CC/C=C\C/C=C\C/C=C\C/C=C\C/C=C\C/C=C\C/C=C\CCCCCCCCCC(=O)OCC(COC(=O)CCCCCCCCC)OC(=O)CCCCCCC/C=C\C/C=C\CCC. The van der Waals surface area contributed by atoms with Crippen molar-refractivity contribution in [2.75, 3.05) is 13.2 Å². The topological polar surface area (TPSA) is 78.9 Å². The van der Waals surface area contributed by atoms with Crippen LogP contribution in [-0.2, 0) is 28.6 Å². The first kappa shape index (κ1) is 63.1. The van der Waals surface area contributed by atoms with Crippen molar-refractivity contribution in [2.24, 2.45) is 0 Å². The van der Waals surface area contributed by atoms with E-state index in [1.165, 1.54) is 57.8 Å². The molecule has 380 valence electrons. The second-order valence-electron chi connectivity index (χ2n) is 17.8. The van der Waals surface area contributed by atoms with E-state index in [0.29, 0.717) is 19.3 Å². The van der Waals surface area contributed by atoms with Gasteiger partial charge in [0.15, 0.2) is 6.10 Å². The zero-order valence-electron chi connectivity index (χ0n) is 43.4. The van der Waals surface area contributed by atoms with Crippen LogP contribution in [0.25, 0.3) is 0 Å². The Morgan fingerprint density at radius 3 is 0.970 bits per heavy atom. The molecule has 6 heteroatoms. The summed E-state index contributed by atoms with van der Waals surface area (Å²) in [5.74, 6) is -0.925. The van der Waals surface area contributed by atoms with Gasteiger partial charge in [0.1, 0.15) is 13.2 Å². The van der Waals surface area contributed by atoms with Crippen molar-refractivity contribution in [1.82, 2.24) is 0 Å². The average Bonchev–Trinajstić information content (AvgIpc) is 3.33. The molecular formula is C61H100O6. The zero-order valence-corrected chi connectivity index (χ0v) is 43.4. The van der Waals surface area contributed by atoms with Gasteiger partial charge in [-0.25, -0.2) is 0 Å². The van der Waals surface area contributed by atoms with Gasteiger partial charge in [-0.05, 0) is 103 Å². The molecule has 1 unspecified atom stereocenters. The van der Waals surface area contributed by atoms with Crippen LogP contribution < -0.4 is 0 Å². The van der Waals surface area contributed by atoms with Crippen molar-refractivity contribution in [3.63, 3.8) is 0 Å². The molecule has 0 saturated heterocycles. The molecule has 0 radical (unpaired) electrons. The summed E-state index contributed by atoms with van der Waals surface area (Å²) >= 11 is 0. The van der Waals surface area contributed by atoms with Gasteiger partial charge < -0.3 is 14.2 Å². The van der Waals surface area contributed by atoms with Crippen molar-refractivity contribution in [3.8, 4) is 0 Å². The number of carbonyl (C=O) groups is 3. The Kier molecular flexibility index (Phi) is 51.5. The lowest BCUT2D eigenvalue weighted by atomic mass is 10.1. The van der Waals surface area contributed by atoms with Crippen LogP contribution >= 0.6 is 0 Å². The molecular weight excluding hydrogens is 829 g/mol. The molecule has 1 atom stereocenters. The number of esters is 3. The number of hydrogen-bond acceptors (Lipinski definition) is 6. The second-order valence-corrected chi connectivity index (χ2v) is 17.8. The van der Waals surface area contributed by atoms with Gasteiger partial charge in [-0.15, -0.1) is 0 Å². The smallest absolute Gasteiger partial charge is 0.306 e. The summed E-state index contributed by atoms with van der Waals surface area (Å²) in [6, 6.07) is 0. The van der Waals surface area contributed by atoms with E-state index in [4.69, 9.17) is 14.2 Å². The summed E-state index contributed by atoms with van der Waals surface area (Å²) in [7, 11) is 0. The van der Waals surface area contributed by atoms with Crippen LogP contribution in [0.3, 0.4) is 0 Å². The molecule has 0 aromatic heterocycles. The lowest BCUT2D eigenvalue weighted by Crippen LogP contribution is -2.30. The van der Waals surface area contributed by atoms with Gasteiger partial charge in [0.05, 0.1) is 0 Å². The van der Waals surface area contributed by atoms with Crippen LogP contribution in [0.5, 0.6) is 0 Å². The van der Waals surface area contributed by atoms with Crippen LogP contribution in [0, 0.1) is 0 Å². The Morgan fingerprint density at radius 2 is 0.612 bits per heavy atom. The van der Waals surface area contributed by atoms with Crippen LogP contribution in [0.4, 0.5) is 0 Å². The summed E-state index contributed by atoms with van der Waals surface area (Å²) in [5.41, 5.74) is 0. The number of allylic oxidation sites excluding steroid dienone is 18. The highest BCUT2D eigenvalue weighted by atomic mass is 16.6. The Balaban J connectivity index is 4.19. The maximum atomic E-state index is 12.7. The van der Waals surface area contributed by atoms with Gasteiger partial charge in [-0.3, -0.25) is 14.4 Å². The molecule has 0 heterocycles. The third-order valence-electron chi connectivity index (χ3n) is 11.2. The molecule has 0 aliphatic heterocycles. The van der Waals surface area contributed by atoms with Crippen molar-refractivity contribution in [3.05, 3.63) is 109 Å². The van der Waals surface area contributed by atoms with E-state index in [2.05, 4.69) is 130 Å². The Morgan fingerprint density at radius 1 is 0.313 bits per heavy atom. The van der Waals surface area contributed by atoms with E-state index in [1.807, 2.05) is 0 Å². The molecule has 0 aromatic rings. The molecule has 0 aromatic carbocycles. The lowest BCUT2D eigenvalue weighted by Gasteiger charge is -2.18. The number of rotatable bonds is 48. The largest absolute Gasteiger partial charge is 0.462 e. The van der Waals surface area contributed by atoms with Crippen LogP contribution in [0.15, 0.2) is 109 Å². The zero-order chi connectivity index (χ0) is 48.6. The van der Waals surface area contributed by atoms with Gasteiger partial charge in [0.2, 0.25) is 0 Å². The van der Waals surface area contributed by atoms with Gasteiger partial charge >= 0.3 is 17.9 Å². The minimum absolute atomic E-state index is 0.0878. The maximum absolute atomic E-state index is 12.7. The lowest BCUT2D eigenvalue weighted by molar-refractivity contribution is -0.167. The molecule has 0 N–H and O–H groups in total. The summed E-state index contributed by atoms with van der Waals surface area (Å²) in [5, 5.41) is 0. The van der Waals surface area contributed by atoms with Crippen molar-refractivity contribution < 1.29 is 28.6 Å². The molecule has 0 aliphatic carbocycles. The fraction of sp³-hybridized carbons (Fsp3) is 0.656. The average molecular weight is 929 g/mol. The van der Waals surface area contributed by atoms with E-state index < -0.39 is 6.10 Å². The highest BCUT2D eigenvalue weighted by Crippen LogP contribution is 2.14. The van der Waals surface area contributed by atoms with Crippen LogP contribution in [0.1, 0.15) is 239 Å². The summed E-state index contributed by atoms with van der Waals surface area (Å²) in [4.78, 5) is 37.8. The predicted molar refractivity (Wildman–Crippen MR) is 288 cm³/mol. The molecule has 67 heavy (non-hydrogen) atoms. The fourth-order valence-electron chi connectivity index (χ4n) is 7.16. The van der Waals surface area contributed by atoms with Crippen molar-refractivity contribution in [1.29, 1.82) is 0 Å². The molecule has 0 fully saturated rings. The van der Waals surface area contributed by atoms with E-state index in [0.717, 1.165) is 141 Å². The summed E-state index contributed by atoms with van der Waals surface area (Å²) in [6.45, 7) is 6.38. The van der Waals surface area contributed by atoms with Gasteiger partial charge in [0.25, 0.3) is 0 Å². The first-order valence-corrected chi connectivity index (χ1v) is 27.4. The third kappa shape index (κ3) is 52.9. The number of unbranched alkanes of at least 4 members (excludes halogenated alkanes) is 19. The number of hydrogen-bond donors (Lipinski definition) is 0. The summed E-state index contributed by atoms with van der Waals surface area (Å²) < 4.78 is 16.7. The van der Waals surface area contributed by atoms with Gasteiger partial charge in [-0.2, -0.15) is 0 Å². The normalized spacial score (nSPS) is 12.9. The first-order chi connectivity index (χ1) is 33.0. The predicted octanol–water partition coefficient (Wildman–Crippen LogP) is 18.3. The highest BCUT2D eigenvalue weighted by molar-refractivity contribution is 5.71. The third-order valence-corrected chi connectivity index (χ3v) is 11.2. The summed E-state index contributed by atoms with van der Waals surface area (Å²) in [6.07, 6.45) is 73.8. The van der Waals surface area contributed by atoms with Crippen LogP contribution in [-0.4, -0.2) is 37.2 Å². The molecule has 6 nitrogen and oxygen atoms in total. The van der Waals surface area contributed by atoms with Crippen molar-refractivity contribution in [2.45, 2.75) is 245 Å². The quantitative estimate of drug-likeness (QED) is 0.0262. The highest BCUT2D eigenvalue weighted by Gasteiger charge is 2.19. The monoisotopic (exact) mass is 929 g/mol. The number of carbonyl (C=O) groups excluding carboxylic acids is 3. The van der Waals surface area contributed by atoms with Crippen molar-refractivity contribution >= 4 is 17.9 Å².